The second kappa shape index (κ2) is 8.47. The molecule has 2 aromatic carbocycles. The first-order valence-electron chi connectivity index (χ1n) is 8.45. The average Bonchev–Trinajstić information content (AvgIpc) is 2.90. The van der Waals surface area contributed by atoms with E-state index in [1.807, 2.05) is 0 Å². The van der Waals surface area contributed by atoms with E-state index in [4.69, 9.17) is 14.2 Å². The number of carbonyl (C=O) groups excluding carboxylic acids is 2. The van der Waals surface area contributed by atoms with E-state index in [1.165, 1.54) is 12.1 Å². The highest BCUT2D eigenvalue weighted by atomic mass is 19.1. The van der Waals surface area contributed by atoms with E-state index < -0.39 is 5.97 Å². The first-order valence-corrected chi connectivity index (χ1v) is 8.45. The average molecular weight is 358 g/mol. The number of carbonyl (C=O) groups is 2. The smallest absolute Gasteiger partial charge is 0.306 e. The number of ether oxygens (including phenoxy) is 3. The second-order valence-electron chi connectivity index (χ2n) is 5.92. The molecular weight excluding hydrogens is 339 g/mol. The first-order chi connectivity index (χ1) is 12.6. The van der Waals surface area contributed by atoms with Crippen LogP contribution in [0.5, 0.6) is 11.5 Å². The lowest BCUT2D eigenvalue weighted by molar-refractivity contribution is -0.144. The van der Waals surface area contributed by atoms with E-state index in [0.29, 0.717) is 35.8 Å². The fourth-order valence-electron chi connectivity index (χ4n) is 2.51. The number of hydrogen-bond acceptors (Lipinski definition) is 5. The zero-order chi connectivity index (χ0) is 18.4. The van der Waals surface area contributed by atoms with Crippen molar-refractivity contribution in [2.75, 3.05) is 13.2 Å². The summed E-state index contributed by atoms with van der Waals surface area (Å²) in [5.41, 5.74) is 1.16. The quantitative estimate of drug-likeness (QED) is 0.582. The molecule has 0 aromatic heterocycles. The summed E-state index contributed by atoms with van der Waals surface area (Å²) in [7, 11) is 0. The molecule has 0 N–H and O–H groups in total. The standard InChI is InChI=1S/C20H19FO5/c21-16-5-2-14(3-6-16)13-26-20(23)9-7-17(22)15-4-8-18-19(12-15)25-11-1-10-24-18/h2-6,8,12H,1,7,9-11,13H2. The minimum atomic E-state index is -0.475. The van der Waals surface area contributed by atoms with Crippen molar-refractivity contribution in [3.63, 3.8) is 0 Å². The van der Waals surface area contributed by atoms with Crippen LogP contribution >= 0.6 is 0 Å². The first kappa shape index (κ1) is 17.9. The molecule has 0 radical (unpaired) electrons. The third-order valence-corrected chi connectivity index (χ3v) is 3.94. The maximum atomic E-state index is 12.8. The topological polar surface area (TPSA) is 61.8 Å². The Kier molecular flexibility index (Phi) is 5.84. The largest absolute Gasteiger partial charge is 0.490 e. The van der Waals surface area contributed by atoms with Gasteiger partial charge in [-0.2, -0.15) is 0 Å². The Morgan fingerprint density at radius 3 is 2.46 bits per heavy atom. The van der Waals surface area contributed by atoms with Crippen LogP contribution in [0.1, 0.15) is 35.2 Å². The van der Waals surface area contributed by atoms with Gasteiger partial charge in [-0.3, -0.25) is 9.59 Å². The SMILES string of the molecule is O=C(CCC(=O)c1ccc2c(c1)OCCCO2)OCc1ccc(F)cc1. The molecule has 0 amide bonds. The molecule has 2 aromatic rings. The lowest BCUT2D eigenvalue weighted by atomic mass is 10.1. The summed E-state index contributed by atoms with van der Waals surface area (Å²) in [5, 5.41) is 0. The van der Waals surface area contributed by atoms with Crippen molar-refractivity contribution in [2.24, 2.45) is 0 Å². The van der Waals surface area contributed by atoms with Gasteiger partial charge < -0.3 is 14.2 Å². The Labute approximate surface area is 150 Å². The molecule has 3 rings (SSSR count). The Bertz CT molecular complexity index is 785. The zero-order valence-electron chi connectivity index (χ0n) is 14.2. The Morgan fingerprint density at radius 2 is 1.69 bits per heavy atom. The molecule has 0 saturated carbocycles. The van der Waals surface area contributed by atoms with Crippen LogP contribution in [0.2, 0.25) is 0 Å². The van der Waals surface area contributed by atoms with Gasteiger partial charge in [0.1, 0.15) is 12.4 Å². The highest BCUT2D eigenvalue weighted by Crippen LogP contribution is 2.30. The Balaban J connectivity index is 1.49. The van der Waals surface area contributed by atoms with Crippen LogP contribution in [-0.2, 0) is 16.1 Å². The van der Waals surface area contributed by atoms with Crippen molar-refractivity contribution in [3.8, 4) is 11.5 Å². The van der Waals surface area contributed by atoms with Crippen molar-refractivity contribution in [3.05, 3.63) is 59.4 Å². The number of Topliss-reactive ketones (excluding diaryl/α,β-unsaturated/α-hetero) is 1. The number of ketones is 1. The third-order valence-electron chi connectivity index (χ3n) is 3.94. The van der Waals surface area contributed by atoms with E-state index in [1.54, 1.807) is 30.3 Å². The minimum absolute atomic E-state index is 0.0194. The molecule has 6 heteroatoms. The van der Waals surface area contributed by atoms with Gasteiger partial charge in [0.2, 0.25) is 0 Å². The maximum Gasteiger partial charge on any atom is 0.306 e. The molecule has 0 saturated heterocycles. The summed E-state index contributed by atoms with van der Waals surface area (Å²) < 4.78 is 29.0. The molecule has 26 heavy (non-hydrogen) atoms. The third kappa shape index (κ3) is 4.81. The predicted molar refractivity (Wildman–Crippen MR) is 91.8 cm³/mol. The van der Waals surface area contributed by atoms with E-state index in [2.05, 4.69) is 0 Å². The summed E-state index contributed by atoms with van der Waals surface area (Å²) in [6, 6.07) is 10.7. The molecule has 0 fully saturated rings. The molecule has 5 nitrogen and oxygen atoms in total. The fourth-order valence-corrected chi connectivity index (χ4v) is 2.51. The van der Waals surface area contributed by atoms with Crippen LogP contribution in [0.15, 0.2) is 42.5 Å². The van der Waals surface area contributed by atoms with Gasteiger partial charge in [0, 0.05) is 18.4 Å². The van der Waals surface area contributed by atoms with Gasteiger partial charge in [-0.25, -0.2) is 4.39 Å². The van der Waals surface area contributed by atoms with Crippen LogP contribution in [0.25, 0.3) is 0 Å². The Morgan fingerprint density at radius 1 is 0.962 bits per heavy atom. The van der Waals surface area contributed by atoms with Gasteiger partial charge in [-0.1, -0.05) is 12.1 Å². The number of benzene rings is 2. The second-order valence-corrected chi connectivity index (χ2v) is 5.92. The summed E-state index contributed by atoms with van der Waals surface area (Å²) in [4.78, 5) is 24.1. The van der Waals surface area contributed by atoms with Crippen molar-refractivity contribution < 1.29 is 28.2 Å². The van der Waals surface area contributed by atoms with Crippen LogP contribution in [0.4, 0.5) is 4.39 Å². The van der Waals surface area contributed by atoms with Crippen molar-refractivity contribution in [2.45, 2.75) is 25.9 Å². The number of halogens is 1. The molecule has 0 spiro atoms. The number of hydrogen-bond donors (Lipinski definition) is 0. The van der Waals surface area contributed by atoms with Gasteiger partial charge in [-0.05, 0) is 35.9 Å². The summed E-state index contributed by atoms with van der Waals surface area (Å²) >= 11 is 0. The normalized spacial score (nSPS) is 13.0. The highest BCUT2D eigenvalue weighted by Gasteiger charge is 2.15. The molecule has 1 aliphatic heterocycles. The lowest BCUT2D eigenvalue weighted by Gasteiger charge is -2.09. The number of rotatable bonds is 6. The van der Waals surface area contributed by atoms with Crippen LogP contribution in [0.3, 0.4) is 0 Å². The molecule has 0 atom stereocenters. The molecule has 136 valence electrons. The van der Waals surface area contributed by atoms with E-state index in [0.717, 1.165) is 6.42 Å². The van der Waals surface area contributed by atoms with Gasteiger partial charge >= 0.3 is 5.97 Å². The zero-order valence-corrected chi connectivity index (χ0v) is 14.2. The van der Waals surface area contributed by atoms with E-state index >= 15 is 0 Å². The number of fused-ring (bicyclic) bond motifs is 1. The number of esters is 1. The van der Waals surface area contributed by atoms with Crippen molar-refractivity contribution >= 4 is 11.8 Å². The van der Waals surface area contributed by atoms with Gasteiger partial charge in [-0.15, -0.1) is 0 Å². The van der Waals surface area contributed by atoms with Crippen LogP contribution in [0, 0.1) is 5.82 Å². The molecule has 0 aliphatic carbocycles. The molecule has 0 bridgehead atoms. The monoisotopic (exact) mass is 358 g/mol. The predicted octanol–water partition coefficient (Wildman–Crippen LogP) is 3.69. The molecular formula is C20H19FO5. The highest BCUT2D eigenvalue weighted by molar-refractivity contribution is 5.98. The minimum Gasteiger partial charge on any atom is -0.490 e. The van der Waals surface area contributed by atoms with Crippen LogP contribution in [-0.4, -0.2) is 25.0 Å². The van der Waals surface area contributed by atoms with Gasteiger partial charge in [0.15, 0.2) is 17.3 Å². The van der Waals surface area contributed by atoms with Crippen molar-refractivity contribution in [1.29, 1.82) is 0 Å². The van der Waals surface area contributed by atoms with Gasteiger partial charge in [0.05, 0.1) is 19.6 Å². The van der Waals surface area contributed by atoms with E-state index in [9.17, 15) is 14.0 Å². The Hall–Kier alpha value is -2.89. The van der Waals surface area contributed by atoms with Gasteiger partial charge in [0.25, 0.3) is 0 Å². The fraction of sp³-hybridized carbons (Fsp3) is 0.300. The van der Waals surface area contributed by atoms with Crippen LogP contribution < -0.4 is 9.47 Å². The van der Waals surface area contributed by atoms with Crippen molar-refractivity contribution in [1.82, 2.24) is 0 Å². The lowest BCUT2D eigenvalue weighted by Crippen LogP contribution is -2.08. The molecule has 1 heterocycles. The summed E-state index contributed by atoms with van der Waals surface area (Å²) in [5.74, 6) is 0.183. The maximum absolute atomic E-state index is 12.8. The summed E-state index contributed by atoms with van der Waals surface area (Å²) in [6.45, 7) is 1.18. The molecule has 0 unspecified atom stereocenters. The summed E-state index contributed by atoms with van der Waals surface area (Å²) in [6.07, 6.45) is 0.814. The van der Waals surface area contributed by atoms with E-state index in [-0.39, 0.29) is 31.0 Å². The molecule has 1 aliphatic rings.